The quantitative estimate of drug-likeness (QED) is 0.265. The number of hydrogen-bond donors (Lipinski definition) is 1. The summed E-state index contributed by atoms with van der Waals surface area (Å²) in [5.74, 6) is 0.392. The number of nitrogens with zero attached hydrogens (tertiary/aromatic N) is 2. The number of amides is 1. The van der Waals surface area contributed by atoms with Crippen molar-refractivity contribution in [2.45, 2.75) is 31.7 Å². The highest BCUT2D eigenvalue weighted by molar-refractivity contribution is 14.1. The number of carbonyl (C=O) groups is 1. The molecule has 1 aromatic carbocycles. The summed E-state index contributed by atoms with van der Waals surface area (Å²) in [4.78, 5) is 21.9. The zero-order chi connectivity index (χ0) is 19.2. The summed E-state index contributed by atoms with van der Waals surface area (Å²) in [6.45, 7) is 6.01. The topological polar surface area (TPSA) is 72.8 Å². The maximum atomic E-state index is 12.6. The number of halogens is 1. The van der Waals surface area contributed by atoms with Gasteiger partial charge in [0.15, 0.2) is 0 Å². The molecule has 1 N–H and O–H groups in total. The van der Waals surface area contributed by atoms with E-state index >= 15 is 0 Å². The fourth-order valence-electron chi connectivity index (χ4n) is 2.14. The summed E-state index contributed by atoms with van der Waals surface area (Å²) >= 11 is 3.54. The molecule has 0 spiro atoms. The number of benzene rings is 1. The standard InChI is InChI=1S/C18H22IN3O3S/c1-5-24-21-11-18(2,3)22-16(23)17(26-4)25-14-6-7-15-12(9-14)8-13(19)10-20-15/h6-11,17H,5H2,1-4H3,(H,22,23)/b21-11-. The maximum Gasteiger partial charge on any atom is 0.272 e. The highest BCUT2D eigenvalue weighted by Gasteiger charge is 2.26. The molecule has 6 nitrogen and oxygen atoms in total. The Hall–Kier alpha value is -1.55. The molecule has 1 aromatic heterocycles. The monoisotopic (exact) mass is 487 g/mol. The summed E-state index contributed by atoms with van der Waals surface area (Å²) in [6.07, 6.45) is 5.21. The minimum atomic E-state index is -0.678. The van der Waals surface area contributed by atoms with E-state index < -0.39 is 11.0 Å². The fraction of sp³-hybridized carbons (Fsp3) is 0.389. The molecule has 1 heterocycles. The van der Waals surface area contributed by atoms with E-state index in [2.05, 4.69) is 38.0 Å². The Kier molecular flexibility index (Phi) is 7.51. The molecule has 0 saturated heterocycles. The molecule has 8 heteroatoms. The van der Waals surface area contributed by atoms with E-state index in [1.54, 1.807) is 6.21 Å². The summed E-state index contributed by atoms with van der Waals surface area (Å²) in [6, 6.07) is 7.62. The lowest BCUT2D eigenvalue weighted by atomic mass is 10.1. The molecule has 2 aromatic rings. The van der Waals surface area contributed by atoms with E-state index in [-0.39, 0.29) is 5.91 Å². The Labute approximate surface area is 171 Å². The number of aromatic nitrogens is 1. The molecule has 1 amide bonds. The minimum absolute atomic E-state index is 0.230. The lowest BCUT2D eigenvalue weighted by Gasteiger charge is -2.24. The van der Waals surface area contributed by atoms with Gasteiger partial charge in [-0.2, -0.15) is 0 Å². The zero-order valence-corrected chi connectivity index (χ0v) is 18.1. The van der Waals surface area contributed by atoms with Gasteiger partial charge < -0.3 is 14.9 Å². The normalized spacial score (nSPS) is 13.0. The number of ether oxygens (including phenoxy) is 1. The van der Waals surface area contributed by atoms with Gasteiger partial charge in [-0.15, -0.1) is 11.8 Å². The summed E-state index contributed by atoms with van der Waals surface area (Å²) in [5.41, 5.74) is -0.438. The Morgan fingerprint density at radius 1 is 1.46 bits per heavy atom. The van der Waals surface area contributed by atoms with Crippen LogP contribution in [-0.4, -0.2) is 40.9 Å². The van der Waals surface area contributed by atoms with Crippen molar-refractivity contribution in [3.63, 3.8) is 0 Å². The SMILES string of the molecule is CCO/N=C\C(C)(C)NC(=O)C(Oc1ccc2ncc(I)cc2c1)SC. The lowest BCUT2D eigenvalue weighted by Crippen LogP contribution is -2.49. The van der Waals surface area contributed by atoms with E-state index in [1.807, 2.05) is 57.5 Å². The molecule has 0 fully saturated rings. The van der Waals surface area contributed by atoms with Gasteiger partial charge in [0.25, 0.3) is 5.91 Å². The lowest BCUT2D eigenvalue weighted by molar-refractivity contribution is -0.125. The van der Waals surface area contributed by atoms with Crippen LogP contribution in [0.1, 0.15) is 20.8 Å². The average Bonchev–Trinajstić information content (AvgIpc) is 2.58. The number of carbonyl (C=O) groups excluding carboxylic acids is 1. The van der Waals surface area contributed by atoms with E-state index in [4.69, 9.17) is 9.57 Å². The van der Waals surface area contributed by atoms with Crippen LogP contribution < -0.4 is 10.1 Å². The van der Waals surface area contributed by atoms with Gasteiger partial charge in [0, 0.05) is 15.2 Å². The van der Waals surface area contributed by atoms with Crippen molar-refractivity contribution in [2.24, 2.45) is 5.16 Å². The highest BCUT2D eigenvalue weighted by atomic mass is 127. The van der Waals surface area contributed by atoms with Crippen LogP contribution in [0.3, 0.4) is 0 Å². The molecule has 2 rings (SSSR count). The first-order chi connectivity index (χ1) is 12.3. The average molecular weight is 487 g/mol. The molecule has 140 valence electrons. The molecule has 26 heavy (non-hydrogen) atoms. The molecule has 0 aliphatic rings. The molecule has 0 aliphatic heterocycles. The summed E-state index contributed by atoms with van der Waals surface area (Å²) < 4.78 is 6.93. The van der Waals surface area contributed by atoms with Crippen LogP contribution in [0, 0.1) is 3.57 Å². The smallest absolute Gasteiger partial charge is 0.272 e. The van der Waals surface area contributed by atoms with Crippen LogP contribution in [0.25, 0.3) is 10.9 Å². The second-order valence-electron chi connectivity index (χ2n) is 6.06. The second-order valence-corrected chi connectivity index (χ2v) is 8.20. The third-order valence-electron chi connectivity index (χ3n) is 3.32. The largest absolute Gasteiger partial charge is 0.470 e. The van der Waals surface area contributed by atoms with Crippen LogP contribution in [0.4, 0.5) is 0 Å². The van der Waals surface area contributed by atoms with Crippen LogP contribution in [0.2, 0.25) is 0 Å². The van der Waals surface area contributed by atoms with E-state index in [1.165, 1.54) is 11.8 Å². The Morgan fingerprint density at radius 2 is 2.23 bits per heavy atom. The molecular formula is C18H22IN3O3S. The molecule has 1 unspecified atom stereocenters. The molecule has 1 atom stereocenters. The maximum absolute atomic E-state index is 12.6. The van der Waals surface area contributed by atoms with E-state index in [0.717, 1.165) is 14.5 Å². The first-order valence-corrected chi connectivity index (χ1v) is 10.4. The van der Waals surface area contributed by atoms with Gasteiger partial charge in [0.1, 0.15) is 12.4 Å². The highest BCUT2D eigenvalue weighted by Crippen LogP contribution is 2.24. The molecular weight excluding hydrogens is 465 g/mol. The van der Waals surface area contributed by atoms with E-state index in [0.29, 0.717) is 12.4 Å². The summed E-state index contributed by atoms with van der Waals surface area (Å²) in [7, 11) is 0. The van der Waals surface area contributed by atoms with Crippen LogP contribution in [0.15, 0.2) is 35.6 Å². The number of pyridine rings is 1. The van der Waals surface area contributed by atoms with Crippen LogP contribution in [0.5, 0.6) is 5.75 Å². The van der Waals surface area contributed by atoms with Gasteiger partial charge in [-0.1, -0.05) is 5.16 Å². The van der Waals surface area contributed by atoms with E-state index in [9.17, 15) is 4.79 Å². The predicted octanol–water partition coefficient (Wildman–Crippen LogP) is 3.82. The van der Waals surface area contributed by atoms with Crippen molar-refractivity contribution in [2.75, 3.05) is 12.9 Å². The number of oxime groups is 1. The first-order valence-electron chi connectivity index (χ1n) is 8.08. The first kappa shape index (κ1) is 20.8. The Bertz CT molecular complexity index is 798. The number of nitrogens with one attached hydrogen (secondary N) is 1. The Morgan fingerprint density at radius 3 is 2.92 bits per heavy atom. The van der Waals surface area contributed by atoms with Crippen molar-refractivity contribution in [1.82, 2.24) is 10.3 Å². The number of hydrogen-bond acceptors (Lipinski definition) is 6. The van der Waals surface area contributed by atoms with Gasteiger partial charge in [-0.25, -0.2) is 0 Å². The molecule has 0 bridgehead atoms. The zero-order valence-electron chi connectivity index (χ0n) is 15.2. The fourth-order valence-corrected chi connectivity index (χ4v) is 3.10. The molecule has 0 saturated carbocycles. The summed E-state index contributed by atoms with van der Waals surface area (Å²) in [5, 5.41) is 7.71. The number of rotatable bonds is 8. The van der Waals surface area contributed by atoms with Gasteiger partial charge in [0.05, 0.1) is 17.3 Å². The van der Waals surface area contributed by atoms with Crippen molar-refractivity contribution in [3.05, 3.63) is 34.0 Å². The predicted molar refractivity (Wildman–Crippen MR) is 115 cm³/mol. The third kappa shape index (κ3) is 6.01. The van der Waals surface area contributed by atoms with Crippen molar-refractivity contribution in [3.8, 4) is 5.75 Å². The van der Waals surface area contributed by atoms with Gasteiger partial charge >= 0.3 is 0 Å². The molecule has 0 aliphatic carbocycles. The third-order valence-corrected chi connectivity index (χ3v) is 4.64. The number of thioether (sulfide) groups is 1. The second kappa shape index (κ2) is 9.40. The molecule has 0 radical (unpaired) electrons. The van der Waals surface area contributed by atoms with Crippen LogP contribution >= 0.6 is 34.4 Å². The van der Waals surface area contributed by atoms with Crippen LogP contribution in [-0.2, 0) is 9.63 Å². The number of fused-ring (bicyclic) bond motifs is 1. The van der Waals surface area contributed by atoms with Crippen molar-refractivity contribution in [1.29, 1.82) is 0 Å². The minimum Gasteiger partial charge on any atom is -0.470 e. The Balaban J connectivity index is 2.09. The van der Waals surface area contributed by atoms with Gasteiger partial charge in [-0.05, 0) is 73.9 Å². The van der Waals surface area contributed by atoms with Crippen molar-refractivity contribution >= 4 is 57.4 Å². The van der Waals surface area contributed by atoms with Crippen molar-refractivity contribution < 1.29 is 14.4 Å². The van der Waals surface area contributed by atoms with Gasteiger partial charge in [-0.3, -0.25) is 9.78 Å². The van der Waals surface area contributed by atoms with Gasteiger partial charge in [0.2, 0.25) is 5.44 Å².